The highest BCUT2D eigenvalue weighted by molar-refractivity contribution is 5.87. The van der Waals surface area contributed by atoms with Crippen LogP contribution >= 0.6 is 0 Å². The van der Waals surface area contributed by atoms with E-state index < -0.39 is 5.97 Å². The molecule has 0 unspecified atom stereocenters. The fraction of sp³-hybridized carbons (Fsp3) is 0.316. The first kappa shape index (κ1) is 16.1. The van der Waals surface area contributed by atoms with Gasteiger partial charge in [-0.25, -0.2) is 4.79 Å². The molecule has 0 aliphatic carbocycles. The molecule has 0 aromatic heterocycles. The second kappa shape index (κ2) is 7.12. The molecule has 0 amide bonds. The van der Waals surface area contributed by atoms with Crippen molar-refractivity contribution in [2.45, 2.75) is 27.2 Å². The number of aromatic carboxylic acids is 1. The summed E-state index contributed by atoms with van der Waals surface area (Å²) in [5.41, 5.74) is 4.01. The first-order chi connectivity index (χ1) is 10.5. The molecule has 1 aliphatic heterocycles. The fourth-order valence-electron chi connectivity index (χ4n) is 2.45. The zero-order valence-electron chi connectivity index (χ0n) is 13.3. The van der Waals surface area contributed by atoms with Gasteiger partial charge in [-0.2, -0.15) is 0 Å². The van der Waals surface area contributed by atoms with Crippen LogP contribution in [0.4, 0.5) is 0 Å². The highest BCUT2D eigenvalue weighted by atomic mass is 16.5. The first-order valence-electron chi connectivity index (χ1n) is 7.48. The maximum atomic E-state index is 10.4. The Labute approximate surface area is 131 Å². The normalized spacial score (nSPS) is 15.9. The van der Waals surface area contributed by atoms with Crippen molar-refractivity contribution in [1.82, 2.24) is 0 Å². The van der Waals surface area contributed by atoms with E-state index in [2.05, 4.69) is 32.0 Å². The second-order valence-corrected chi connectivity index (χ2v) is 5.91. The summed E-state index contributed by atoms with van der Waals surface area (Å²) in [5.74, 6) is 0.877. The SMILES string of the molecule is Cc1ccc2c(c1)C[C@@H](C)CO2.Cc1cccc(C(=O)O)c1. The number of hydrogen-bond acceptors (Lipinski definition) is 2. The van der Waals surface area contributed by atoms with E-state index in [0.29, 0.717) is 11.5 Å². The summed E-state index contributed by atoms with van der Waals surface area (Å²) < 4.78 is 5.59. The van der Waals surface area contributed by atoms with Crippen LogP contribution in [0.25, 0.3) is 0 Å². The molecule has 3 rings (SSSR count). The lowest BCUT2D eigenvalue weighted by Crippen LogP contribution is -2.17. The number of aryl methyl sites for hydroxylation is 2. The zero-order valence-corrected chi connectivity index (χ0v) is 13.3. The highest BCUT2D eigenvalue weighted by Crippen LogP contribution is 2.27. The minimum atomic E-state index is -0.872. The van der Waals surface area contributed by atoms with Crippen molar-refractivity contribution in [3.05, 3.63) is 64.7 Å². The van der Waals surface area contributed by atoms with Crippen LogP contribution in [0.2, 0.25) is 0 Å². The molecular weight excluding hydrogens is 276 g/mol. The molecule has 0 fully saturated rings. The molecule has 2 aromatic rings. The van der Waals surface area contributed by atoms with Crippen LogP contribution in [0.3, 0.4) is 0 Å². The van der Waals surface area contributed by atoms with Gasteiger partial charge in [0, 0.05) is 0 Å². The van der Waals surface area contributed by atoms with Gasteiger partial charge in [0.25, 0.3) is 0 Å². The molecule has 0 spiro atoms. The van der Waals surface area contributed by atoms with Crippen LogP contribution < -0.4 is 4.74 Å². The Hall–Kier alpha value is -2.29. The van der Waals surface area contributed by atoms with E-state index in [0.717, 1.165) is 24.3 Å². The van der Waals surface area contributed by atoms with Gasteiger partial charge in [-0.1, -0.05) is 42.3 Å². The molecule has 3 heteroatoms. The van der Waals surface area contributed by atoms with Gasteiger partial charge in [0.2, 0.25) is 0 Å². The lowest BCUT2D eigenvalue weighted by Gasteiger charge is -2.22. The standard InChI is InChI=1S/C11H14O.C8H8O2/c1-8-3-4-11-10(5-8)6-9(2)7-12-11;1-6-3-2-4-7(5-6)8(9)10/h3-5,9H,6-7H2,1-2H3;2-5H,1H3,(H,9,10)/t9-;/m1./s1. The third-order valence-electron chi connectivity index (χ3n) is 3.57. The summed E-state index contributed by atoms with van der Waals surface area (Å²) in [5, 5.41) is 8.51. The minimum Gasteiger partial charge on any atom is -0.493 e. The third-order valence-corrected chi connectivity index (χ3v) is 3.57. The van der Waals surface area contributed by atoms with Crippen LogP contribution in [0.15, 0.2) is 42.5 Å². The van der Waals surface area contributed by atoms with E-state index in [1.807, 2.05) is 13.0 Å². The number of hydrogen-bond donors (Lipinski definition) is 1. The number of carbonyl (C=O) groups is 1. The van der Waals surface area contributed by atoms with E-state index >= 15 is 0 Å². The number of carboxylic acid groups (broad SMARTS) is 1. The van der Waals surface area contributed by atoms with Gasteiger partial charge in [-0.3, -0.25) is 0 Å². The molecule has 1 atom stereocenters. The Bertz CT molecular complexity index is 661. The second-order valence-electron chi connectivity index (χ2n) is 5.91. The fourth-order valence-corrected chi connectivity index (χ4v) is 2.45. The average Bonchev–Trinajstić information content (AvgIpc) is 2.47. The van der Waals surface area contributed by atoms with Crippen molar-refractivity contribution in [2.75, 3.05) is 6.61 Å². The largest absolute Gasteiger partial charge is 0.493 e. The van der Waals surface area contributed by atoms with Crippen LogP contribution in [0, 0.1) is 19.8 Å². The van der Waals surface area contributed by atoms with Crippen LogP contribution in [-0.4, -0.2) is 17.7 Å². The van der Waals surface area contributed by atoms with Gasteiger partial charge in [0.1, 0.15) is 5.75 Å². The van der Waals surface area contributed by atoms with E-state index in [4.69, 9.17) is 9.84 Å². The lowest BCUT2D eigenvalue weighted by atomic mass is 9.97. The summed E-state index contributed by atoms with van der Waals surface area (Å²) in [6, 6.07) is 13.2. The summed E-state index contributed by atoms with van der Waals surface area (Å²) >= 11 is 0. The van der Waals surface area contributed by atoms with Gasteiger partial charge in [0.05, 0.1) is 12.2 Å². The Morgan fingerprint density at radius 1 is 1.14 bits per heavy atom. The number of ether oxygens (including phenoxy) is 1. The summed E-state index contributed by atoms with van der Waals surface area (Å²) in [6.45, 7) is 7.09. The van der Waals surface area contributed by atoms with Gasteiger partial charge in [0.15, 0.2) is 0 Å². The Kier molecular flexibility index (Phi) is 5.21. The van der Waals surface area contributed by atoms with Gasteiger partial charge >= 0.3 is 5.97 Å². The van der Waals surface area contributed by atoms with E-state index in [9.17, 15) is 4.79 Å². The number of rotatable bonds is 1. The molecule has 0 radical (unpaired) electrons. The quantitative estimate of drug-likeness (QED) is 0.855. The molecule has 0 saturated heterocycles. The Morgan fingerprint density at radius 3 is 2.50 bits per heavy atom. The smallest absolute Gasteiger partial charge is 0.335 e. The first-order valence-corrected chi connectivity index (χ1v) is 7.48. The molecular formula is C19H22O3. The molecule has 0 saturated carbocycles. The van der Waals surface area contributed by atoms with E-state index in [-0.39, 0.29) is 0 Å². The van der Waals surface area contributed by atoms with Crippen LogP contribution in [-0.2, 0) is 6.42 Å². The molecule has 1 heterocycles. The maximum absolute atomic E-state index is 10.4. The third kappa shape index (κ3) is 4.35. The van der Waals surface area contributed by atoms with Crippen molar-refractivity contribution in [3.63, 3.8) is 0 Å². The molecule has 3 nitrogen and oxygen atoms in total. The predicted molar refractivity (Wildman–Crippen MR) is 87.7 cm³/mol. The summed E-state index contributed by atoms with van der Waals surface area (Å²) in [4.78, 5) is 10.4. The number of carboxylic acids is 1. The van der Waals surface area contributed by atoms with Crippen LogP contribution in [0.5, 0.6) is 5.75 Å². The minimum absolute atomic E-state index is 0.347. The topological polar surface area (TPSA) is 46.5 Å². The Balaban J connectivity index is 0.000000164. The van der Waals surface area contributed by atoms with Crippen LogP contribution in [0.1, 0.15) is 34.0 Å². The zero-order chi connectivity index (χ0) is 16.1. The monoisotopic (exact) mass is 298 g/mol. The lowest BCUT2D eigenvalue weighted by molar-refractivity contribution is 0.0697. The average molecular weight is 298 g/mol. The summed E-state index contributed by atoms with van der Waals surface area (Å²) in [6.07, 6.45) is 1.16. The van der Waals surface area contributed by atoms with Gasteiger partial charge in [-0.05, 0) is 49.9 Å². The molecule has 1 aliphatic rings. The van der Waals surface area contributed by atoms with Crippen molar-refractivity contribution in [3.8, 4) is 5.75 Å². The number of fused-ring (bicyclic) bond motifs is 1. The molecule has 0 bridgehead atoms. The predicted octanol–water partition coefficient (Wildman–Crippen LogP) is 4.26. The van der Waals surface area contributed by atoms with Crippen molar-refractivity contribution < 1.29 is 14.6 Å². The van der Waals surface area contributed by atoms with E-state index in [1.54, 1.807) is 18.2 Å². The molecule has 116 valence electrons. The molecule has 22 heavy (non-hydrogen) atoms. The molecule has 2 aromatic carbocycles. The summed E-state index contributed by atoms with van der Waals surface area (Å²) in [7, 11) is 0. The Morgan fingerprint density at radius 2 is 1.86 bits per heavy atom. The van der Waals surface area contributed by atoms with Crippen molar-refractivity contribution in [1.29, 1.82) is 0 Å². The van der Waals surface area contributed by atoms with Gasteiger partial charge < -0.3 is 9.84 Å². The van der Waals surface area contributed by atoms with Crippen molar-refractivity contribution in [2.24, 2.45) is 5.92 Å². The maximum Gasteiger partial charge on any atom is 0.335 e. The van der Waals surface area contributed by atoms with E-state index in [1.165, 1.54) is 11.1 Å². The molecule has 1 N–H and O–H groups in total. The highest BCUT2D eigenvalue weighted by Gasteiger charge is 2.15. The number of benzene rings is 2. The van der Waals surface area contributed by atoms with Gasteiger partial charge in [-0.15, -0.1) is 0 Å². The van der Waals surface area contributed by atoms with Crippen molar-refractivity contribution >= 4 is 5.97 Å².